The van der Waals surface area contributed by atoms with E-state index in [4.69, 9.17) is 14.6 Å². The Morgan fingerprint density at radius 1 is 1.20 bits per heavy atom. The molecule has 0 spiro atoms. The number of rotatable bonds is 7. The summed E-state index contributed by atoms with van der Waals surface area (Å²) < 4.78 is 10.8. The molecule has 1 saturated carbocycles. The highest BCUT2D eigenvalue weighted by Gasteiger charge is 2.13. The SMILES string of the molecule is COc1ccc(NCC2CCCCC2)cc1OCCO. The minimum atomic E-state index is 0.00286. The summed E-state index contributed by atoms with van der Waals surface area (Å²) in [6.07, 6.45) is 6.77. The molecule has 0 atom stereocenters. The van der Waals surface area contributed by atoms with E-state index in [9.17, 15) is 0 Å². The molecule has 1 aliphatic carbocycles. The van der Waals surface area contributed by atoms with Gasteiger partial charge in [-0.3, -0.25) is 0 Å². The molecule has 112 valence electrons. The molecule has 0 unspecified atom stereocenters. The lowest BCUT2D eigenvalue weighted by Crippen LogP contribution is -2.17. The molecule has 1 aromatic rings. The lowest BCUT2D eigenvalue weighted by atomic mass is 9.89. The van der Waals surface area contributed by atoms with Crippen LogP contribution in [-0.2, 0) is 0 Å². The zero-order chi connectivity index (χ0) is 14.2. The predicted molar refractivity (Wildman–Crippen MR) is 80.6 cm³/mol. The molecule has 1 aliphatic rings. The first-order valence-electron chi connectivity index (χ1n) is 7.49. The number of nitrogens with one attached hydrogen (secondary N) is 1. The maximum atomic E-state index is 8.85. The molecule has 2 N–H and O–H groups in total. The normalized spacial score (nSPS) is 15.9. The summed E-state index contributed by atoms with van der Waals surface area (Å²) in [5.74, 6) is 2.16. The Hall–Kier alpha value is -1.42. The lowest BCUT2D eigenvalue weighted by molar-refractivity contribution is 0.196. The lowest BCUT2D eigenvalue weighted by Gasteiger charge is -2.22. The van der Waals surface area contributed by atoms with Crippen molar-refractivity contribution in [3.63, 3.8) is 0 Å². The molecule has 1 aromatic carbocycles. The first-order chi connectivity index (χ1) is 9.83. The third-order valence-corrected chi connectivity index (χ3v) is 3.83. The fourth-order valence-electron chi connectivity index (χ4n) is 2.71. The average molecular weight is 279 g/mol. The maximum Gasteiger partial charge on any atom is 0.163 e. The van der Waals surface area contributed by atoms with Crippen LogP contribution in [0.4, 0.5) is 5.69 Å². The van der Waals surface area contributed by atoms with Crippen molar-refractivity contribution in [1.82, 2.24) is 0 Å². The van der Waals surface area contributed by atoms with E-state index in [1.807, 2.05) is 18.2 Å². The van der Waals surface area contributed by atoms with E-state index in [1.165, 1.54) is 32.1 Å². The molecule has 0 bridgehead atoms. The molecular weight excluding hydrogens is 254 g/mol. The second kappa shape index (κ2) is 8.00. The minimum Gasteiger partial charge on any atom is -0.493 e. The van der Waals surface area contributed by atoms with Gasteiger partial charge in [-0.2, -0.15) is 0 Å². The fourth-order valence-corrected chi connectivity index (χ4v) is 2.71. The third-order valence-electron chi connectivity index (χ3n) is 3.83. The molecular formula is C16H25NO3. The molecule has 0 aliphatic heterocycles. The molecule has 4 heteroatoms. The van der Waals surface area contributed by atoms with Crippen LogP contribution in [0.15, 0.2) is 18.2 Å². The number of hydrogen-bond acceptors (Lipinski definition) is 4. The van der Waals surface area contributed by atoms with Crippen molar-refractivity contribution < 1.29 is 14.6 Å². The fraction of sp³-hybridized carbons (Fsp3) is 0.625. The van der Waals surface area contributed by atoms with Crippen LogP contribution in [-0.4, -0.2) is 32.0 Å². The van der Waals surface area contributed by atoms with Gasteiger partial charge in [-0.1, -0.05) is 19.3 Å². The summed E-state index contributed by atoms with van der Waals surface area (Å²) in [5, 5.41) is 12.3. The number of benzene rings is 1. The molecule has 20 heavy (non-hydrogen) atoms. The van der Waals surface area contributed by atoms with Gasteiger partial charge in [-0.15, -0.1) is 0 Å². The van der Waals surface area contributed by atoms with Gasteiger partial charge in [0.25, 0.3) is 0 Å². The van der Waals surface area contributed by atoms with Crippen LogP contribution in [0.2, 0.25) is 0 Å². The average Bonchev–Trinajstić information content (AvgIpc) is 2.52. The van der Waals surface area contributed by atoms with E-state index in [2.05, 4.69) is 5.32 Å². The summed E-state index contributed by atoms with van der Waals surface area (Å²) in [5.41, 5.74) is 1.05. The third kappa shape index (κ3) is 4.30. The number of ether oxygens (including phenoxy) is 2. The predicted octanol–water partition coefficient (Wildman–Crippen LogP) is 3.06. The van der Waals surface area contributed by atoms with Gasteiger partial charge in [0.1, 0.15) is 6.61 Å². The van der Waals surface area contributed by atoms with Crippen LogP contribution >= 0.6 is 0 Å². The van der Waals surface area contributed by atoms with E-state index < -0.39 is 0 Å². The van der Waals surface area contributed by atoms with Crippen LogP contribution in [0.3, 0.4) is 0 Å². The Kier molecular flexibility index (Phi) is 5.99. The largest absolute Gasteiger partial charge is 0.493 e. The highest BCUT2D eigenvalue weighted by molar-refractivity contribution is 5.54. The molecule has 0 heterocycles. The molecule has 0 saturated heterocycles. The van der Waals surface area contributed by atoms with Crippen LogP contribution in [0.5, 0.6) is 11.5 Å². The molecule has 0 aromatic heterocycles. The Labute approximate surface area is 121 Å². The Morgan fingerprint density at radius 2 is 2.00 bits per heavy atom. The van der Waals surface area contributed by atoms with E-state index in [0.717, 1.165) is 18.2 Å². The summed E-state index contributed by atoms with van der Waals surface area (Å²) in [6.45, 7) is 1.30. The van der Waals surface area contributed by atoms with Crippen molar-refractivity contribution >= 4 is 5.69 Å². The van der Waals surface area contributed by atoms with Crippen LogP contribution < -0.4 is 14.8 Å². The van der Waals surface area contributed by atoms with Gasteiger partial charge in [-0.05, 0) is 30.9 Å². The molecule has 0 radical (unpaired) electrons. The van der Waals surface area contributed by atoms with E-state index in [0.29, 0.717) is 11.5 Å². The van der Waals surface area contributed by atoms with Crippen LogP contribution in [0, 0.1) is 5.92 Å². The van der Waals surface area contributed by atoms with E-state index in [1.54, 1.807) is 7.11 Å². The summed E-state index contributed by atoms with van der Waals surface area (Å²) in [7, 11) is 1.62. The highest BCUT2D eigenvalue weighted by atomic mass is 16.5. The Morgan fingerprint density at radius 3 is 2.70 bits per heavy atom. The minimum absolute atomic E-state index is 0.00286. The highest BCUT2D eigenvalue weighted by Crippen LogP contribution is 2.31. The van der Waals surface area contributed by atoms with Gasteiger partial charge in [0, 0.05) is 18.3 Å². The number of anilines is 1. The number of hydrogen-bond donors (Lipinski definition) is 2. The van der Waals surface area contributed by atoms with Gasteiger partial charge in [-0.25, -0.2) is 0 Å². The standard InChI is InChI=1S/C16H25NO3/c1-19-15-8-7-14(11-16(15)20-10-9-18)17-12-13-5-3-2-4-6-13/h7-8,11,13,17-18H,2-6,9-10,12H2,1H3. The first-order valence-corrected chi connectivity index (χ1v) is 7.49. The van der Waals surface area contributed by atoms with Crippen molar-refractivity contribution in [2.24, 2.45) is 5.92 Å². The number of aliphatic hydroxyl groups excluding tert-OH is 1. The molecule has 1 fully saturated rings. The second-order valence-electron chi connectivity index (χ2n) is 5.32. The van der Waals surface area contributed by atoms with Gasteiger partial charge in [0.2, 0.25) is 0 Å². The smallest absolute Gasteiger partial charge is 0.163 e. The van der Waals surface area contributed by atoms with Crippen molar-refractivity contribution in [3.05, 3.63) is 18.2 Å². The summed E-state index contributed by atoms with van der Waals surface area (Å²) in [6, 6.07) is 5.85. The monoisotopic (exact) mass is 279 g/mol. The van der Waals surface area contributed by atoms with Gasteiger partial charge < -0.3 is 19.9 Å². The van der Waals surface area contributed by atoms with Crippen molar-refractivity contribution in [3.8, 4) is 11.5 Å². The van der Waals surface area contributed by atoms with E-state index in [-0.39, 0.29) is 13.2 Å². The van der Waals surface area contributed by atoms with Gasteiger partial charge in [0.15, 0.2) is 11.5 Å². The zero-order valence-electron chi connectivity index (χ0n) is 12.2. The molecule has 0 amide bonds. The van der Waals surface area contributed by atoms with Gasteiger partial charge >= 0.3 is 0 Å². The molecule has 4 nitrogen and oxygen atoms in total. The Balaban J connectivity index is 1.93. The molecule has 2 rings (SSSR count). The topological polar surface area (TPSA) is 50.7 Å². The van der Waals surface area contributed by atoms with Gasteiger partial charge in [0.05, 0.1) is 13.7 Å². The Bertz CT molecular complexity index is 403. The van der Waals surface area contributed by atoms with Crippen LogP contribution in [0.1, 0.15) is 32.1 Å². The van der Waals surface area contributed by atoms with E-state index >= 15 is 0 Å². The number of aliphatic hydroxyl groups is 1. The number of methoxy groups -OCH3 is 1. The van der Waals surface area contributed by atoms with Crippen LogP contribution in [0.25, 0.3) is 0 Å². The maximum absolute atomic E-state index is 8.85. The summed E-state index contributed by atoms with van der Waals surface area (Å²) in [4.78, 5) is 0. The van der Waals surface area contributed by atoms with Crippen molar-refractivity contribution in [2.45, 2.75) is 32.1 Å². The quantitative estimate of drug-likeness (QED) is 0.805. The van der Waals surface area contributed by atoms with Crippen molar-refractivity contribution in [1.29, 1.82) is 0 Å². The summed E-state index contributed by atoms with van der Waals surface area (Å²) >= 11 is 0. The second-order valence-corrected chi connectivity index (χ2v) is 5.32. The zero-order valence-corrected chi connectivity index (χ0v) is 12.2. The first kappa shape index (κ1) is 15.0. The van der Waals surface area contributed by atoms with Crippen molar-refractivity contribution in [2.75, 3.05) is 32.2 Å².